The summed E-state index contributed by atoms with van der Waals surface area (Å²) in [6.45, 7) is 6.83. The number of allylic oxidation sites excluding steroid dienone is 7. The fraction of sp³-hybridized carbons (Fsp3) is 0.804. The van der Waals surface area contributed by atoms with Crippen molar-refractivity contribution in [3.63, 3.8) is 0 Å². The maximum Gasteiger partial charge on any atom is 0.472 e. The monoisotopic (exact) mass is 880 g/mol. The van der Waals surface area contributed by atoms with E-state index in [0.29, 0.717) is 23.9 Å². The second-order valence-electron chi connectivity index (χ2n) is 18.0. The van der Waals surface area contributed by atoms with Crippen LogP contribution in [0.1, 0.15) is 213 Å². The van der Waals surface area contributed by atoms with Crippen LogP contribution in [0.2, 0.25) is 0 Å². The molecular formula is C51H96N2O7P+. The molecule has 61 heavy (non-hydrogen) atoms. The van der Waals surface area contributed by atoms with Gasteiger partial charge in [-0.25, -0.2) is 4.57 Å². The Hall–Kier alpha value is -2.03. The van der Waals surface area contributed by atoms with Gasteiger partial charge in [-0.3, -0.25) is 18.6 Å². The number of unbranched alkanes of at least 4 members (excludes halogenated alkanes) is 24. The second-order valence-corrected chi connectivity index (χ2v) is 19.5. The molecule has 0 fully saturated rings. The smallest absolute Gasteiger partial charge is 0.456 e. The lowest BCUT2D eigenvalue weighted by Crippen LogP contribution is -2.47. The Morgan fingerprint density at radius 1 is 0.590 bits per heavy atom. The molecule has 0 aliphatic heterocycles. The molecule has 0 aliphatic carbocycles. The standard InChI is InChI=1S/C51H95N2O7P/c1-7-10-13-16-19-22-25-26-29-32-35-38-41-44-51(55)60-49(42-39-36-33-30-27-23-20-17-14-11-8-2)48(47-59-61(56,57)58-46-45-53(4,5)6)52-50(54)43-40-37-34-31-28-24-21-18-15-12-9-3/h10,13,16,19,22,25,39,42,48-49H,7-9,11-12,14-15,17-18,20-21,23-24,26-38,40-41,43-47H2,1-6H3,(H-,52,54,56,57)/p+1/b13-10+,19-16+,25-22-,42-39+. The summed E-state index contributed by atoms with van der Waals surface area (Å²) in [5.74, 6) is -0.531. The van der Waals surface area contributed by atoms with Crippen LogP contribution < -0.4 is 5.32 Å². The van der Waals surface area contributed by atoms with Gasteiger partial charge in [0.25, 0.3) is 0 Å². The first-order valence-corrected chi connectivity index (χ1v) is 26.5. The van der Waals surface area contributed by atoms with Gasteiger partial charge in [0.1, 0.15) is 19.3 Å². The maximum absolute atomic E-state index is 13.4. The number of esters is 1. The van der Waals surface area contributed by atoms with Crippen molar-refractivity contribution in [2.24, 2.45) is 0 Å². The summed E-state index contributed by atoms with van der Waals surface area (Å²) in [4.78, 5) is 37.3. The first kappa shape index (κ1) is 59.0. The van der Waals surface area contributed by atoms with Crippen LogP contribution in [0.3, 0.4) is 0 Å². The van der Waals surface area contributed by atoms with Gasteiger partial charge in [-0.1, -0.05) is 198 Å². The number of rotatable bonds is 44. The molecular weight excluding hydrogens is 784 g/mol. The van der Waals surface area contributed by atoms with Crippen molar-refractivity contribution in [1.82, 2.24) is 5.32 Å². The predicted octanol–water partition coefficient (Wildman–Crippen LogP) is 14.2. The van der Waals surface area contributed by atoms with E-state index in [2.05, 4.69) is 62.5 Å². The van der Waals surface area contributed by atoms with Crippen molar-refractivity contribution >= 4 is 19.7 Å². The Labute approximate surface area is 376 Å². The molecule has 0 heterocycles. The van der Waals surface area contributed by atoms with Crippen molar-refractivity contribution in [2.75, 3.05) is 40.9 Å². The summed E-state index contributed by atoms with van der Waals surface area (Å²) in [6.07, 6.45) is 48.2. The first-order valence-electron chi connectivity index (χ1n) is 25.0. The van der Waals surface area contributed by atoms with Gasteiger partial charge in [-0.15, -0.1) is 0 Å². The van der Waals surface area contributed by atoms with E-state index >= 15 is 0 Å². The van der Waals surface area contributed by atoms with Gasteiger partial charge in [0, 0.05) is 12.8 Å². The predicted molar refractivity (Wildman–Crippen MR) is 259 cm³/mol. The third-order valence-electron chi connectivity index (χ3n) is 10.8. The van der Waals surface area contributed by atoms with Crippen molar-refractivity contribution in [3.8, 4) is 0 Å². The number of phosphoric acid groups is 1. The summed E-state index contributed by atoms with van der Waals surface area (Å²) in [5.41, 5.74) is 0. The van der Waals surface area contributed by atoms with Crippen LogP contribution in [-0.4, -0.2) is 74.3 Å². The van der Waals surface area contributed by atoms with E-state index in [1.165, 1.54) is 96.3 Å². The lowest BCUT2D eigenvalue weighted by Gasteiger charge is -2.27. The van der Waals surface area contributed by atoms with Crippen LogP contribution >= 0.6 is 7.82 Å². The number of amides is 1. The number of hydrogen-bond donors (Lipinski definition) is 2. The zero-order chi connectivity index (χ0) is 45.1. The molecule has 0 aromatic heterocycles. The fourth-order valence-electron chi connectivity index (χ4n) is 6.94. The van der Waals surface area contributed by atoms with Gasteiger partial charge in [0.15, 0.2) is 0 Å². The number of carbonyl (C=O) groups excluding carboxylic acids is 2. The maximum atomic E-state index is 13.4. The minimum atomic E-state index is -4.43. The molecule has 1 amide bonds. The number of ether oxygens (including phenoxy) is 1. The number of nitrogens with one attached hydrogen (secondary N) is 1. The van der Waals surface area contributed by atoms with Crippen LogP contribution in [0.15, 0.2) is 48.6 Å². The molecule has 0 saturated heterocycles. The highest BCUT2D eigenvalue weighted by molar-refractivity contribution is 7.47. The summed E-state index contributed by atoms with van der Waals surface area (Å²) in [6, 6.07) is -0.850. The number of likely N-dealkylation sites (N-methyl/N-ethyl adjacent to an activating group) is 1. The molecule has 0 spiro atoms. The average molecular weight is 880 g/mol. The van der Waals surface area contributed by atoms with Crippen molar-refractivity contribution in [1.29, 1.82) is 0 Å². The van der Waals surface area contributed by atoms with E-state index in [0.717, 1.165) is 77.0 Å². The lowest BCUT2D eigenvalue weighted by atomic mass is 10.0. The van der Waals surface area contributed by atoms with Crippen LogP contribution in [0.25, 0.3) is 0 Å². The van der Waals surface area contributed by atoms with Gasteiger partial charge in [-0.2, -0.15) is 0 Å². The van der Waals surface area contributed by atoms with Crippen molar-refractivity contribution in [2.45, 2.75) is 226 Å². The van der Waals surface area contributed by atoms with Gasteiger partial charge in [0.2, 0.25) is 5.91 Å². The number of nitrogens with zero attached hydrogens (tertiary/aromatic N) is 1. The van der Waals surface area contributed by atoms with Gasteiger partial charge in [0.05, 0.1) is 33.8 Å². The molecule has 3 atom stereocenters. The van der Waals surface area contributed by atoms with E-state index in [1.807, 2.05) is 33.3 Å². The molecule has 0 saturated carbocycles. The topological polar surface area (TPSA) is 111 Å². The van der Waals surface area contributed by atoms with Crippen molar-refractivity contribution in [3.05, 3.63) is 48.6 Å². The van der Waals surface area contributed by atoms with E-state index in [9.17, 15) is 19.0 Å². The Bertz CT molecular complexity index is 1200. The summed E-state index contributed by atoms with van der Waals surface area (Å²) >= 11 is 0. The lowest BCUT2D eigenvalue weighted by molar-refractivity contribution is -0.870. The van der Waals surface area contributed by atoms with E-state index < -0.39 is 20.0 Å². The highest BCUT2D eigenvalue weighted by atomic mass is 31.2. The van der Waals surface area contributed by atoms with Crippen LogP contribution in [0.4, 0.5) is 0 Å². The normalized spacial score (nSPS) is 14.4. The molecule has 9 nitrogen and oxygen atoms in total. The zero-order valence-corrected chi connectivity index (χ0v) is 41.3. The third-order valence-corrected chi connectivity index (χ3v) is 11.8. The molecule has 0 rings (SSSR count). The molecule has 0 aromatic carbocycles. The summed E-state index contributed by atoms with van der Waals surface area (Å²) < 4.78 is 30.4. The molecule has 2 N–H and O–H groups in total. The van der Waals surface area contributed by atoms with E-state index in [-0.39, 0.29) is 31.5 Å². The summed E-state index contributed by atoms with van der Waals surface area (Å²) in [7, 11) is 1.48. The largest absolute Gasteiger partial charge is 0.472 e. The molecule has 0 aliphatic rings. The zero-order valence-electron chi connectivity index (χ0n) is 40.4. The molecule has 0 aromatic rings. The van der Waals surface area contributed by atoms with Crippen LogP contribution in [0.5, 0.6) is 0 Å². The minimum Gasteiger partial charge on any atom is -0.456 e. The Morgan fingerprint density at radius 3 is 1.56 bits per heavy atom. The molecule has 356 valence electrons. The molecule has 0 bridgehead atoms. The number of hydrogen-bond acceptors (Lipinski definition) is 6. The quantitative estimate of drug-likeness (QED) is 0.0157. The SMILES string of the molecule is CC/C=C/C=C/C=C\CCCCCCCC(=O)OC(/C=C/CCCCCCCCCCC)C(COP(=O)(O)OCC[N+](C)(C)C)NC(=O)CCCCCCCCCCCCC. The van der Waals surface area contributed by atoms with Gasteiger partial charge in [-0.05, 0) is 51.0 Å². The van der Waals surface area contributed by atoms with Crippen molar-refractivity contribution < 1.29 is 37.3 Å². The minimum absolute atomic E-state index is 0.0369. The Kier molecular flexibility index (Phi) is 40.6. The van der Waals surface area contributed by atoms with Gasteiger partial charge < -0.3 is 19.4 Å². The second kappa shape index (κ2) is 42.0. The third kappa shape index (κ3) is 43.0. The van der Waals surface area contributed by atoms with Crippen LogP contribution in [-0.2, 0) is 27.9 Å². The highest BCUT2D eigenvalue weighted by Crippen LogP contribution is 2.43. The highest BCUT2D eigenvalue weighted by Gasteiger charge is 2.30. The molecule has 10 heteroatoms. The van der Waals surface area contributed by atoms with Crippen LogP contribution in [0, 0.1) is 0 Å². The molecule has 0 radical (unpaired) electrons. The number of phosphoric ester groups is 1. The summed E-state index contributed by atoms with van der Waals surface area (Å²) in [5, 5.41) is 3.02. The average Bonchev–Trinajstić information content (AvgIpc) is 3.21. The van der Waals surface area contributed by atoms with Gasteiger partial charge >= 0.3 is 13.8 Å². The number of quaternary nitrogens is 1. The Balaban J connectivity index is 5.48. The molecule has 3 unspecified atom stereocenters. The number of carbonyl (C=O) groups is 2. The Morgan fingerprint density at radius 2 is 1.05 bits per heavy atom. The van der Waals surface area contributed by atoms with E-state index in [1.54, 1.807) is 0 Å². The fourth-order valence-corrected chi connectivity index (χ4v) is 7.67. The first-order chi connectivity index (χ1) is 29.4. The van der Waals surface area contributed by atoms with E-state index in [4.69, 9.17) is 13.8 Å².